The Hall–Kier alpha value is -2.69. The van der Waals surface area contributed by atoms with E-state index in [-0.39, 0.29) is 5.43 Å². The van der Waals surface area contributed by atoms with E-state index in [2.05, 4.69) is 9.97 Å². The first-order valence-electron chi connectivity index (χ1n) is 7.28. The van der Waals surface area contributed by atoms with Crippen LogP contribution in [0.1, 0.15) is 17.0 Å². The molecule has 4 rings (SSSR count). The van der Waals surface area contributed by atoms with Crippen LogP contribution in [0.5, 0.6) is 5.88 Å². The van der Waals surface area contributed by atoms with E-state index in [1.807, 2.05) is 48.7 Å². The summed E-state index contributed by atoms with van der Waals surface area (Å²) in [5.74, 6) is 0.598. The van der Waals surface area contributed by atoms with Crippen molar-refractivity contribution in [3.05, 3.63) is 57.5 Å². The van der Waals surface area contributed by atoms with Gasteiger partial charge in [-0.2, -0.15) is 0 Å². The second kappa shape index (κ2) is 4.66. The van der Waals surface area contributed by atoms with E-state index in [1.54, 1.807) is 0 Å². The summed E-state index contributed by atoms with van der Waals surface area (Å²) in [4.78, 5) is 21.8. The van der Waals surface area contributed by atoms with Crippen molar-refractivity contribution in [1.29, 1.82) is 0 Å². The van der Waals surface area contributed by atoms with Gasteiger partial charge in [0, 0.05) is 6.42 Å². The number of benzene rings is 1. The first kappa shape index (κ1) is 13.0. The van der Waals surface area contributed by atoms with Gasteiger partial charge in [-0.25, -0.2) is 9.97 Å². The number of ether oxygens (including phenoxy) is 1. The van der Waals surface area contributed by atoms with Crippen LogP contribution in [-0.2, 0) is 6.42 Å². The van der Waals surface area contributed by atoms with Crippen LogP contribution in [0.4, 0.5) is 0 Å². The van der Waals surface area contributed by atoms with Crippen LogP contribution in [0.15, 0.2) is 35.1 Å². The minimum Gasteiger partial charge on any atom is -0.478 e. The number of hydrogen-bond acceptors (Lipinski definition) is 4. The number of hydrogen-bond donors (Lipinski definition) is 0. The van der Waals surface area contributed by atoms with E-state index < -0.39 is 0 Å². The molecule has 0 radical (unpaired) electrons. The zero-order chi connectivity index (χ0) is 15.3. The average molecular weight is 293 g/mol. The summed E-state index contributed by atoms with van der Waals surface area (Å²) in [7, 11) is 0. The molecule has 3 heterocycles. The molecule has 0 unspecified atom stereocenters. The zero-order valence-corrected chi connectivity index (χ0v) is 12.5. The van der Waals surface area contributed by atoms with E-state index in [1.165, 1.54) is 0 Å². The van der Waals surface area contributed by atoms with E-state index in [0.29, 0.717) is 35.6 Å². The first-order valence-corrected chi connectivity index (χ1v) is 7.28. The second-order valence-electron chi connectivity index (χ2n) is 5.45. The van der Waals surface area contributed by atoms with E-state index in [4.69, 9.17) is 4.74 Å². The van der Waals surface area contributed by atoms with Crippen LogP contribution in [0.25, 0.3) is 16.9 Å². The third-order valence-electron chi connectivity index (χ3n) is 4.06. The van der Waals surface area contributed by atoms with Gasteiger partial charge in [0.1, 0.15) is 0 Å². The smallest absolute Gasteiger partial charge is 0.216 e. The largest absolute Gasteiger partial charge is 0.478 e. The Kier molecular flexibility index (Phi) is 2.76. The molecule has 3 aromatic rings. The topological polar surface area (TPSA) is 57.0 Å². The minimum atomic E-state index is -0.0646. The lowest BCUT2D eigenvalue weighted by molar-refractivity contribution is 0.338. The van der Waals surface area contributed by atoms with Gasteiger partial charge in [-0.3, -0.25) is 9.36 Å². The maximum absolute atomic E-state index is 12.7. The highest BCUT2D eigenvalue weighted by Gasteiger charge is 2.25. The van der Waals surface area contributed by atoms with Crippen molar-refractivity contribution in [3.63, 3.8) is 0 Å². The van der Waals surface area contributed by atoms with Gasteiger partial charge in [-0.05, 0) is 26.0 Å². The molecule has 0 N–H and O–H groups in total. The van der Waals surface area contributed by atoms with E-state index in [9.17, 15) is 4.79 Å². The SMILES string of the molecule is Cc1nc2c(=O)c3c(n(-c4ccccc4)c2nc1C)OCC3. The molecule has 0 aliphatic carbocycles. The molecule has 0 atom stereocenters. The van der Waals surface area contributed by atoms with Crippen LogP contribution >= 0.6 is 0 Å². The van der Waals surface area contributed by atoms with Crippen LogP contribution in [0, 0.1) is 13.8 Å². The summed E-state index contributed by atoms with van der Waals surface area (Å²) in [5.41, 5.74) is 4.11. The summed E-state index contributed by atoms with van der Waals surface area (Å²) < 4.78 is 7.64. The van der Waals surface area contributed by atoms with Crippen LogP contribution < -0.4 is 10.2 Å². The number of fused-ring (bicyclic) bond motifs is 2. The maximum Gasteiger partial charge on any atom is 0.216 e. The highest BCUT2D eigenvalue weighted by atomic mass is 16.5. The predicted molar refractivity (Wildman–Crippen MR) is 83.8 cm³/mol. The van der Waals surface area contributed by atoms with Gasteiger partial charge in [0.05, 0.1) is 29.2 Å². The summed E-state index contributed by atoms with van der Waals surface area (Å²) in [5, 5.41) is 0. The van der Waals surface area contributed by atoms with Crippen LogP contribution in [0.2, 0.25) is 0 Å². The molecule has 0 bridgehead atoms. The number of nitrogens with zero attached hydrogens (tertiary/aromatic N) is 3. The van der Waals surface area contributed by atoms with Crippen molar-refractivity contribution in [2.24, 2.45) is 0 Å². The number of pyridine rings is 1. The highest BCUT2D eigenvalue weighted by molar-refractivity contribution is 5.76. The molecule has 110 valence electrons. The van der Waals surface area contributed by atoms with E-state index >= 15 is 0 Å². The van der Waals surface area contributed by atoms with Gasteiger partial charge >= 0.3 is 0 Å². The molecular formula is C17H15N3O2. The van der Waals surface area contributed by atoms with Gasteiger partial charge in [-0.1, -0.05) is 18.2 Å². The van der Waals surface area contributed by atoms with E-state index in [0.717, 1.165) is 17.1 Å². The normalized spacial score (nSPS) is 13.2. The van der Waals surface area contributed by atoms with Gasteiger partial charge < -0.3 is 4.74 Å². The van der Waals surface area contributed by atoms with Crippen molar-refractivity contribution in [3.8, 4) is 11.6 Å². The zero-order valence-electron chi connectivity index (χ0n) is 12.5. The number of para-hydroxylation sites is 1. The lowest BCUT2D eigenvalue weighted by Crippen LogP contribution is -2.16. The van der Waals surface area contributed by atoms with Crippen LogP contribution in [0.3, 0.4) is 0 Å². The summed E-state index contributed by atoms with van der Waals surface area (Å²) in [6.07, 6.45) is 0.617. The van der Waals surface area contributed by atoms with Crippen LogP contribution in [-0.4, -0.2) is 21.1 Å². The minimum absolute atomic E-state index is 0.0646. The summed E-state index contributed by atoms with van der Waals surface area (Å²) in [6.45, 7) is 4.29. The standard InChI is InChI=1S/C17H15N3O2/c1-10-11(2)19-16-14(18-10)15(21)13-8-9-22-17(13)20(16)12-6-4-3-5-7-12/h3-7H,8-9H2,1-2H3. The maximum atomic E-state index is 12.7. The van der Waals surface area contributed by atoms with Gasteiger partial charge in [0.2, 0.25) is 11.3 Å². The second-order valence-corrected chi connectivity index (χ2v) is 5.45. The fraction of sp³-hybridized carbons (Fsp3) is 0.235. The number of rotatable bonds is 1. The summed E-state index contributed by atoms with van der Waals surface area (Å²) in [6, 6.07) is 9.81. The molecule has 1 aliphatic heterocycles. The Bertz CT molecular complexity index is 946. The molecule has 0 saturated carbocycles. The third-order valence-corrected chi connectivity index (χ3v) is 4.06. The number of aryl methyl sites for hydroxylation is 2. The first-order chi connectivity index (χ1) is 10.7. The fourth-order valence-corrected chi connectivity index (χ4v) is 2.81. The molecule has 1 aliphatic rings. The molecule has 0 amide bonds. The van der Waals surface area contributed by atoms with Crippen molar-refractivity contribution in [1.82, 2.24) is 14.5 Å². The van der Waals surface area contributed by atoms with Crippen molar-refractivity contribution in [2.45, 2.75) is 20.3 Å². The van der Waals surface area contributed by atoms with Gasteiger partial charge in [0.15, 0.2) is 11.2 Å². The van der Waals surface area contributed by atoms with Gasteiger partial charge in [0.25, 0.3) is 0 Å². The Labute approximate surface area is 127 Å². The fourth-order valence-electron chi connectivity index (χ4n) is 2.81. The average Bonchev–Trinajstić information content (AvgIpc) is 3.00. The summed E-state index contributed by atoms with van der Waals surface area (Å²) >= 11 is 0. The molecule has 1 aromatic carbocycles. The lowest BCUT2D eigenvalue weighted by Gasteiger charge is -2.15. The Morgan fingerprint density at radius 2 is 1.82 bits per heavy atom. The highest BCUT2D eigenvalue weighted by Crippen LogP contribution is 2.29. The molecule has 5 nitrogen and oxygen atoms in total. The Morgan fingerprint density at radius 3 is 2.59 bits per heavy atom. The lowest BCUT2D eigenvalue weighted by atomic mass is 10.2. The Morgan fingerprint density at radius 1 is 1.09 bits per heavy atom. The monoisotopic (exact) mass is 293 g/mol. The molecule has 0 saturated heterocycles. The number of aromatic nitrogens is 3. The quantitative estimate of drug-likeness (QED) is 0.691. The molecule has 0 spiro atoms. The Balaban J connectivity index is 2.21. The van der Waals surface area contributed by atoms with Gasteiger partial charge in [-0.15, -0.1) is 0 Å². The third kappa shape index (κ3) is 1.75. The predicted octanol–water partition coefficient (Wildman–Crippen LogP) is 2.33. The molecule has 5 heteroatoms. The van der Waals surface area contributed by atoms with Crippen molar-refractivity contribution >= 4 is 11.2 Å². The molecule has 22 heavy (non-hydrogen) atoms. The van der Waals surface area contributed by atoms with Crippen molar-refractivity contribution in [2.75, 3.05) is 6.61 Å². The molecular weight excluding hydrogens is 278 g/mol. The van der Waals surface area contributed by atoms with Crippen molar-refractivity contribution < 1.29 is 4.74 Å². The molecule has 2 aromatic heterocycles. The molecule has 0 fully saturated rings.